The van der Waals surface area contributed by atoms with Crippen LogP contribution in [0.1, 0.15) is 94.2 Å². The van der Waals surface area contributed by atoms with Gasteiger partial charge in [-0.05, 0) is 35.4 Å². The Balaban J connectivity index is -0.0000000753. The van der Waals surface area contributed by atoms with Crippen molar-refractivity contribution in [1.29, 1.82) is 0 Å². The first-order valence-corrected chi connectivity index (χ1v) is 12.6. The van der Waals surface area contributed by atoms with Crippen LogP contribution in [-0.4, -0.2) is 56.1 Å². The minimum Gasteiger partial charge on any atom is -0.478 e. The van der Waals surface area contributed by atoms with Crippen LogP contribution in [0.3, 0.4) is 0 Å². The molecule has 0 radical (unpaired) electrons. The number of hydrogen-bond acceptors (Lipinski definition) is 8. The van der Waals surface area contributed by atoms with Gasteiger partial charge in [-0.15, -0.1) is 0 Å². The van der Waals surface area contributed by atoms with Gasteiger partial charge in [0, 0.05) is 39.4 Å². The van der Waals surface area contributed by atoms with Crippen LogP contribution in [0.25, 0.3) is 12.2 Å². The predicted molar refractivity (Wildman–Crippen MR) is 210 cm³/mol. The summed E-state index contributed by atoms with van der Waals surface area (Å²) < 4.78 is 9.57. The first kappa shape index (κ1) is 62.6. The number of carboxylic acids is 1. The number of aldehydes is 3. The van der Waals surface area contributed by atoms with Crippen molar-refractivity contribution in [2.24, 2.45) is 0 Å². The number of esters is 2. The second-order valence-corrected chi connectivity index (χ2v) is 8.41. The van der Waals surface area contributed by atoms with Crippen LogP contribution < -0.4 is 0 Å². The molecule has 0 fully saturated rings. The van der Waals surface area contributed by atoms with Gasteiger partial charge in [0.25, 0.3) is 0 Å². The molecule has 10 heteroatoms. The molecule has 0 amide bonds. The summed E-state index contributed by atoms with van der Waals surface area (Å²) in [5.74, 6) is -1.78. The molecule has 0 aliphatic carbocycles. The predicted octanol–water partition coefficient (Wildman–Crippen LogP) is 10.3. The number of rotatable bonds is 8. The molecule has 0 aliphatic rings. The molecule has 49 heavy (non-hydrogen) atoms. The van der Waals surface area contributed by atoms with Gasteiger partial charge in [-0.25, -0.2) is 14.4 Å². The van der Waals surface area contributed by atoms with E-state index in [9.17, 15) is 28.8 Å². The Kier molecular flexibility index (Phi) is 49.8. The van der Waals surface area contributed by atoms with E-state index in [1.165, 1.54) is 26.4 Å². The number of benzene rings is 3. The van der Waals surface area contributed by atoms with Crippen molar-refractivity contribution in [3.05, 3.63) is 130 Å². The Bertz CT molecular complexity index is 1360. The highest BCUT2D eigenvalue weighted by Gasteiger charge is 1.93. The molecule has 0 atom stereocenters. The topological polar surface area (TPSA) is 141 Å². The van der Waals surface area contributed by atoms with Gasteiger partial charge in [-0.1, -0.05) is 135 Å². The molecular weight excluding hydrogens is 692 g/mol. The van der Waals surface area contributed by atoms with E-state index in [0.29, 0.717) is 16.7 Å². The second-order valence-electron chi connectivity index (χ2n) is 7.49. The molecule has 0 spiro atoms. The summed E-state index contributed by atoms with van der Waals surface area (Å²) >= 11 is 3.26. The molecule has 3 aromatic carbocycles. The largest absolute Gasteiger partial charge is 0.478 e. The molecular formula is C39H57BrO9. The highest BCUT2D eigenvalue weighted by molar-refractivity contribution is 9.10. The molecule has 3 rings (SSSR count). The number of carbonyl (C=O) groups excluding carboxylic acids is 5. The van der Waals surface area contributed by atoms with Gasteiger partial charge in [0.05, 0.1) is 14.2 Å². The van der Waals surface area contributed by atoms with Crippen molar-refractivity contribution < 1.29 is 43.3 Å². The lowest BCUT2D eigenvalue weighted by Gasteiger charge is -1.93. The summed E-state index contributed by atoms with van der Waals surface area (Å²) in [7, 11) is 2.63. The minimum absolute atomic E-state index is 0. The molecule has 274 valence electrons. The van der Waals surface area contributed by atoms with Crippen LogP contribution >= 0.6 is 15.9 Å². The molecule has 0 unspecified atom stereocenters. The van der Waals surface area contributed by atoms with Crippen LogP contribution in [0.2, 0.25) is 0 Å². The van der Waals surface area contributed by atoms with Crippen LogP contribution in [-0.2, 0) is 23.9 Å². The first-order chi connectivity index (χ1) is 20.1. The summed E-state index contributed by atoms with van der Waals surface area (Å²) in [4.78, 5) is 61.4. The number of ether oxygens (including phenoxy) is 2. The lowest BCUT2D eigenvalue weighted by Crippen LogP contribution is -1.93. The summed E-state index contributed by atoms with van der Waals surface area (Å²) in [6.07, 6.45) is 8.92. The van der Waals surface area contributed by atoms with E-state index in [1.54, 1.807) is 66.7 Å². The van der Waals surface area contributed by atoms with Crippen molar-refractivity contribution >= 4 is 64.8 Å². The maximum atomic E-state index is 10.7. The Hall–Kier alpha value is -5.22. The quantitative estimate of drug-likeness (QED) is 0.135. The van der Waals surface area contributed by atoms with E-state index in [-0.39, 0.29) is 52.0 Å². The number of carboxylic acid groups (broad SMARTS) is 1. The summed E-state index contributed by atoms with van der Waals surface area (Å²) in [5, 5.41) is 8.33. The third-order valence-electron chi connectivity index (χ3n) is 4.55. The standard InChI is InChI=1S/C11H10O3.C10H8O3.C7H5BrO.C4H6O2.7CH4/c1-14-11(13)7-6-9-2-4-10(8-12)5-3-9;11-7-9-3-1-8(2-4-9)5-6-10(12)13;8-7-3-1-6(5-9)2-4-7;1-3-4(5)6-2;;;;;;;/h2-8H,1H3;1-7H,(H,12,13);1-5H;3H,1H2,2H3;7*1H4/b7-6+;6-5+;;;;;;;;;. The first-order valence-electron chi connectivity index (χ1n) is 11.8. The van der Waals surface area contributed by atoms with E-state index in [0.717, 1.165) is 46.6 Å². The van der Waals surface area contributed by atoms with E-state index in [4.69, 9.17) is 5.11 Å². The molecule has 9 nitrogen and oxygen atoms in total. The number of aliphatic carboxylic acids is 1. The van der Waals surface area contributed by atoms with E-state index in [1.807, 2.05) is 12.1 Å². The number of methoxy groups -OCH3 is 2. The Morgan fingerprint density at radius 1 is 0.551 bits per heavy atom. The van der Waals surface area contributed by atoms with Gasteiger partial charge in [-0.2, -0.15) is 0 Å². The summed E-state index contributed by atoms with van der Waals surface area (Å²) in [6.45, 7) is 3.16. The zero-order valence-electron chi connectivity index (χ0n) is 22.8. The average molecular weight is 750 g/mol. The van der Waals surface area contributed by atoms with Gasteiger partial charge in [0.1, 0.15) is 18.9 Å². The van der Waals surface area contributed by atoms with Crippen molar-refractivity contribution in [2.75, 3.05) is 14.2 Å². The van der Waals surface area contributed by atoms with Crippen LogP contribution in [0.4, 0.5) is 0 Å². The lowest BCUT2D eigenvalue weighted by atomic mass is 10.1. The molecule has 0 saturated carbocycles. The average Bonchev–Trinajstić information content (AvgIpc) is 3.03. The SMILES string of the molecule is C.C.C.C.C.C.C.C=CC(=O)OC.COC(=O)/C=C/c1ccc(C=O)cc1.O=Cc1ccc(/C=C/C(=O)O)cc1.O=Cc1ccc(Br)cc1. The molecule has 0 heterocycles. The molecule has 0 aromatic heterocycles. The van der Waals surface area contributed by atoms with Crippen LogP contribution in [0, 0.1) is 0 Å². The van der Waals surface area contributed by atoms with E-state index >= 15 is 0 Å². The van der Waals surface area contributed by atoms with Gasteiger partial charge in [0.2, 0.25) is 0 Å². The fourth-order valence-corrected chi connectivity index (χ4v) is 2.66. The second kappa shape index (κ2) is 39.0. The van der Waals surface area contributed by atoms with E-state index < -0.39 is 17.9 Å². The summed E-state index contributed by atoms with van der Waals surface area (Å²) in [6, 6.07) is 20.7. The maximum absolute atomic E-state index is 10.7. The number of hydrogen-bond donors (Lipinski definition) is 1. The molecule has 1 N–H and O–H groups in total. The fourth-order valence-electron chi connectivity index (χ4n) is 2.40. The van der Waals surface area contributed by atoms with Crippen molar-refractivity contribution in [3.63, 3.8) is 0 Å². The van der Waals surface area contributed by atoms with Crippen LogP contribution in [0.5, 0.6) is 0 Å². The third kappa shape index (κ3) is 32.5. The number of carbonyl (C=O) groups is 6. The van der Waals surface area contributed by atoms with Crippen molar-refractivity contribution in [3.8, 4) is 0 Å². The zero-order chi connectivity index (χ0) is 31.8. The monoisotopic (exact) mass is 748 g/mol. The molecule has 0 aliphatic heterocycles. The maximum Gasteiger partial charge on any atom is 0.330 e. The Morgan fingerprint density at radius 2 is 0.837 bits per heavy atom. The minimum atomic E-state index is -0.987. The van der Waals surface area contributed by atoms with E-state index in [2.05, 4.69) is 32.0 Å². The summed E-state index contributed by atoms with van der Waals surface area (Å²) in [5.41, 5.74) is 3.50. The molecule has 0 bridgehead atoms. The number of halogens is 1. The van der Waals surface area contributed by atoms with Crippen molar-refractivity contribution in [1.82, 2.24) is 0 Å². The normalized spacial score (nSPS) is 8.06. The highest BCUT2D eigenvalue weighted by atomic mass is 79.9. The third-order valence-corrected chi connectivity index (χ3v) is 5.08. The lowest BCUT2D eigenvalue weighted by molar-refractivity contribution is -0.135. The fraction of sp³-hybridized carbons (Fsp3) is 0.231. The smallest absolute Gasteiger partial charge is 0.330 e. The van der Waals surface area contributed by atoms with Crippen LogP contribution in [0.15, 0.2) is 102 Å². The zero-order valence-corrected chi connectivity index (χ0v) is 24.4. The Labute approximate surface area is 303 Å². The van der Waals surface area contributed by atoms with Crippen molar-refractivity contribution in [2.45, 2.75) is 52.0 Å². The highest BCUT2D eigenvalue weighted by Crippen LogP contribution is 2.08. The Morgan fingerprint density at radius 3 is 1.08 bits per heavy atom. The molecule has 0 saturated heterocycles. The van der Waals surface area contributed by atoms with Gasteiger partial charge in [0.15, 0.2) is 0 Å². The van der Waals surface area contributed by atoms with Gasteiger partial charge in [-0.3, -0.25) is 14.4 Å². The molecule has 3 aromatic rings. The van der Waals surface area contributed by atoms with Gasteiger partial charge < -0.3 is 14.6 Å². The van der Waals surface area contributed by atoms with Gasteiger partial charge >= 0.3 is 17.9 Å².